The first-order chi connectivity index (χ1) is 11.2. The maximum atomic E-state index is 12.6. The molecule has 122 valence electrons. The molecule has 1 amide bonds. The second-order valence-electron chi connectivity index (χ2n) is 6.00. The van der Waals surface area contributed by atoms with Crippen molar-refractivity contribution in [3.05, 3.63) is 53.5 Å². The van der Waals surface area contributed by atoms with Gasteiger partial charge in [-0.05, 0) is 44.0 Å². The number of ether oxygens (including phenoxy) is 1. The van der Waals surface area contributed by atoms with Crippen LogP contribution in [0.15, 0.2) is 41.0 Å². The molecule has 1 unspecified atom stereocenters. The summed E-state index contributed by atoms with van der Waals surface area (Å²) >= 11 is 0. The van der Waals surface area contributed by atoms with Crippen molar-refractivity contribution in [1.82, 2.24) is 4.90 Å². The Morgan fingerprint density at radius 1 is 1.35 bits per heavy atom. The predicted molar refractivity (Wildman–Crippen MR) is 87.3 cm³/mol. The minimum Gasteiger partial charge on any atom is -0.486 e. The molecule has 0 aliphatic carbocycles. The molecule has 0 radical (unpaired) electrons. The number of carbonyl (C=O) groups is 1. The predicted octanol–water partition coefficient (Wildman–Crippen LogP) is 2.59. The number of hydrogen-bond donors (Lipinski definition) is 1. The van der Waals surface area contributed by atoms with Crippen LogP contribution in [0.4, 0.5) is 0 Å². The van der Waals surface area contributed by atoms with E-state index in [1.165, 1.54) is 11.8 Å². The number of nitrogens with zero attached hydrogens (tertiary/aromatic N) is 1. The fraction of sp³-hybridized carbons (Fsp3) is 0.389. The lowest BCUT2D eigenvalue weighted by Crippen LogP contribution is -2.30. The minimum atomic E-state index is -0.00259. The number of nitrogens with two attached hydrogens (primary N) is 1. The van der Waals surface area contributed by atoms with Crippen LogP contribution in [-0.2, 0) is 6.61 Å². The standard InChI is InChI=1S/C18H22N2O3/c1-13-2-4-15(5-3-13)23-12-17-16(7-9-22-17)18(21)20-8-6-14(10-19)11-20/h2-5,7,9,14H,6,8,10-12,19H2,1H3. The van der Waals surface area contributed by atoms with E-state index in [-0.39, 0.29) is 12.5 Å². The third-order valence-corrected chi connectivity index (χ3v) is 4.27. The molecule has 1 aliphatic heterocycles. The summed E-state index contributed by atoms with van der Waals surface area (Å²) in [5, 5.41) is 0. The Kier molecular flexibility index (Phi) is 4.67. The molecule has 1 aliphatic rings. The Labute approximate surface area is 136 Å². The quantitative estimate of drug-likeness (QED) is 0.921. The van der Waals surface area contributed by atoms with E-state index in [4.69, 9.17) is 14.9 Å². The summed E-state index contributed by atoms with van der Waals surface area (Å²) in [5.41, 5.74) is 7.45. The average Bonchev–Trinajstić information content (AvgIpc) is 3.23. The molecule has 5 heteroatoms. The van der Waals surface area contributed by atoms with Gasteiger partial charge in [0.25, 0.3) is 5.91 Å². The molecule has 0 spiro atoms. The molecule has 2 heterocycles. The normalized spacial score (nSPS) is 17.5. The van der Waals surface area contributed by atoms with Gasteiger partial charge in [0.1, 0.15) is 12.4 Å². The summed E-state index contributed by atoms with van der Waals surface area (Å²) in [6.45, 7) is 4.37. The molecule has 5 nitrogen and oxygen atoms in total. The van der Waals surface area contributed by atoms with Gasteiger partial charge in [0.05, 0.1) is 11.8 Å². The summed E-state index contributed by atoms with van der Waals surface area (Å²) in [7, 11) is 0. The van der Waals surface area contributed by atoms with E-state index in [2.05, 4.69) is 0 Å². The maximum absolute atomic E-state index is 12.6. The van der Waals surface area contributed by atoms with Crippen LogP contribution in [0, 0.1) is 12.8 Å². The van der Waals surface area contributed by atoms with Gasteiger partial charge in [-0.2, -0.15) is 0 Å². The first-order valence-corrected chi connectivity index (χ1v) is 7.92. The summed E-state index contributed by atoms with van der Waals surface area (Å²) < 4.78 is 11.2. The van der Waals surface area contributed by atoms with Gasteiger partial charge in [-0.3, -0.25) is 4.79 Å². The first-order valence-electron chi connectivity index (χ1n) is 7.92. The van der Waals surface area contributed by atoms with Gasteiger partial charge in [-0.25, -0.2) is 0 Å². The number of furan rings is 1. The van der Waals surface area contributed by atoms with Gasteiger partial charge in [0.15, 0.2) is 5.76 Å². The van der Waals surface area contributed by atoms with Crippen molar-refractivity contribution in [3.63, 3.8) is 0 Å². The van der Waals surface area contributed by atoms with E-state index < -0.39 is 0 Å². The largest absolute Gasteiger partial charge is 0.486 e. The Morgan fingerprint density at radius 3 is 2.83 bits per heavy atom. The van der Waals surface area contributed by atoms with E-state index in [1.807, 2.05) is 36.1 Å². The molecule has 3 rings (SSSR count). The molecule has 0 bridgehead atoms. The highest BCUT2D eigenvalue weighted by Gasteiger charge is 2.28. The fourth-order valence-corrected chi connectivity index (χ4v) is 2.81. The van der Waals surface area contributed by atoms with Crippen LogP contribution in [0.2, 0.25) is 0 Å². The summed E-state index contributed by atoms with van der Waals surface area (Å²) in [6, 6.07) is 9.51. The van der Waals surface area contributed by atoms with Gasteiger partial charge in [0, 0.05) is 13.1 Å². The van der Waals surface area contributed by atoms with Crippen LogP contribution >= 0.6 is 0 Å². The second-order valence-corrected chi connectivity index (χ2v) is 6.00. The van der Waals surface area contributed by atoms with Crippen molar-refractivity contribution in [2.75, 3.05) is 19.6 Å². The number of rotatable bonds is 5. The number of likely N-dealkylation sites (tertiary alicyclic amines) is 1. The van der Waals surface area contributed by atoms with Crippen molar-refractivity contribution >= 4 is 5.91 Å². The van der Waals surface area contributed by atoms with Crippen LogP contribution in [0.25, 0.3) is 0 Å². The lowest BCUT2D eigenvalue weighted by molar-refractivity contribution is 0.0783. The number of hydrogen-bond acceptors (Lipinski definition) is 4. The number of carbonyl (C=O) groups excluding carboxylic acids is 1. The molecule has 1 aromatic heterocycles. The van der Waals surface area contributed by atoms with E-state index in [1.54, 1.807) is 6.07 Å². The van der Waals surface area contributed by atoms with Crippen LogP contribution in [-0.4, -0.2) is 30.4 Å². The molecule has 1 saturated heterocycles. The van der Waals surface area contributed by atoms with Crippen molar-refractivity contribution in [2.24, 2.45) is 11.7 Å². The van der Waals surface area contributed by atoms with Crippen molar-refractivity contribution in [3.8, 4) is 5.75 Å². The number of benzene rings is 1. The molecule has 23 heavy (non-hydrogen) atoms. The maximum Gasteiger partial charge on any atom is 0.257 e. The Balaban J connectivity index is 1.65. The molecular formula is C18H22N2O3. The van der Waals surface area contributed by atoms with Crippen LogP contribution < -0.4 is 10.5 Å². The third-order valence-electron chi connectivity index (χ3n) is 4.27. The van der Waals surface area contributed by atoms with Crippen LogP contribution in [0.3, 0.4) is 0 Å². The smallest absolute Gasteiger partial charge is 0.257 e. The molecule has 2 aromatic rings. The van der Waals surface area contributed by atoms with E-state index >= 15 is 0 Å². The Morgan fingerprint density at radius 2 is 2.13 bits per heavy atom. The first kappa shape index (κ1) is 15.6. The highest BCUT2D eigenvalue weighted by Crippen LogP contribution is 2.22. The molecular weight excluding hydrogens is 292 g/mol. The average molecular weight is 314 g/mol. The topological polar surface area (TPSA) is 68.7 Å². The molecule has 1 atom stereocenters. The zero-order valence-corrected chi connectivity index (χ0v) is 13.3. The Hall–Kier alpha value is -2.27. The number of aryl methyl sites for hydroxylation is 1. The molecule has 0 saturated carbocycles. The molecule has 1 aromatic carbocycles. The van der Waals surface area contributed by atoms with E-state index in [9.17, 15) is 4.79 Å². The van der Waals surface area contributed by atoms with Crippen LogP contribution in [0.1, 0.15) is 28.1 Å². The van der Waals surface area contributed by atoms with Crippen molar-refractivity contribution in [1.29, 1.82) is 0 Å². The van der Waals surface area contributed by atoms with Gasteiger partial charge >= 0.3 is 0 Å². The molecule has 2 N–H and O–H groups in total. The van der Waals surface area contributed by atoms with Crippen LogP contribution in [0.5, 0.6) is 5.75 Å². The highest BCUT2D eigenvalue weighted by molar-refractivity contribution is 5.95. The zero-order chi connectivity index (χ0) is 16.2. The monoisotopic (exact) mass is 314 g/mol. The van der Waals surface area contributed by atoms with Gasteiger partial charge in [-0.15, -0.1) is 0 Å². The lowest BCUT2D eigenvalue weighted by Gasteiger charge is -2.16. The van der Waals surface area contributed by atoms with Gasteiger partial charge in [0.2, 0.25) is 0 Å². The summed E-state index contributed by atoms with van der Waals surface area (Å²) in [4.78, 5) is 14.5. The van der Waals surface area contributed by atoms with E-state index in [0.717, 1.165) is 25.3 Å². The summed E-state index contributed by atoms with van der Waals surface area (Å²) in [5.74, 6) is 1.72. The van der Waals surface area contributed by atoms with Gasteiger partial charge in [-0.1, -0.05) is 17.7 Å². The van der Waals surface area contributed by atoms with Crippen molar-refractivity contribution < 1.29 is 13.9 Å². The lowest BCUT2D eigenvalue weighted by atomic mass is 10.1. The zero-order valence-electron chi connectivity index (χ0n) is 13.3. The fourth-order valence-electron chi connectivity index (χ4n) is 2.81. The Bertz CT molecular complexity index is 663. The SMILES string of the molecule is Cc1ccc(OCc2occc2C(=O)N2CCC(CN)C2)cc1. The van der Waals surface area contributed by atoms with E-state index in [0.29, 0.717) is 23.8 Å². The highest BCUT2D eigenvalue weighted by atomic mass is 16.5. The second kappa shape index (κ2) is 6.87. The van der Waals surface area contributed by atoms with Gasteiger partial charge < -0.3 is 19.8 Å². The number of amides is 1. The minimum absolute atomic E-state index is 0.00259. The third kappa shape index (κ3) is 3.56. The molecule has 1 fully saturated rings. The van der Waals surface area contributed by atoms with Crippen molar-refractivity contribution in [2.45, 2.75) is 20.0 Å². The summed E-state index contributed by atoms with van der Waals surface area (Å²) in [6.07, 6.45) is 2.51.